The van der Waals surface area contributed by atoms with Gasteiger partial charge in [0.1, 0.15) is 0 Å². The molecule has 1 aromatic rings. The molecule has 146 valence electrons. The Balaban J connectivity index is 0.00000243. The zero-order valence-corrected chi connectivity index (χ0v) is 18.2. The predicted octanol–water partition coefficient (Wildman–Crippen LogP) is 3.13. The first-order valence-corrected chi connectivity index (χ1v) is 9.77. The number of guanidine groups is 1. The van der Waals surface area contributed by atoms with Gasteiger partial charge in [0, 0.05) is 26.2 Å². The second-order valence-corrected chi connectivity index (χ2v) is 7.01. The van der Waals surface area contributed by atoms with Gasteiger partial charge in [0.15, 0.2) is 5.96 Å². The molecule has 0 amide bonds. The summed E-state index contributed by atoms with van der Waals surface area (Å²) in [4.78, 5) is 7.24. The number of hydrogen-bond donors (Lipinski definition) is 2. The highest BCUT2D eigenvalue weighted by atomic mass is 127. The van der Waals surface area contributed by atoms with E-state index in [-0.39, 0.29) is 24.0 Å². The SMILES string of the molecule is CCNC(=NCc1ccc(CN2CCCC2)cc1)NCC1CCCO1.I. The summed E-state index contributed by atoms with van der Waals surface area (Å²) < 4.78 is 5.66. The number of nitrogens with one attached hydrogen (secondary N) is 2. The number of ether oxygens (including phenoxy) is 1. The molecule has 2 heterocycles. The van der Waals surface area contributed by atoms with Gasteiger partial charge in [-0.1, -0.05) is 24.3 Å². The number of hydrogen-bond acceptors (Lipinski definition) is 3. The van der Waals surface area contributed by atoms with Gasteiger partial charge in [-0.3, -0.25) is 4.90 Å². The van der Waals surface area contributed by atoms with Crippen LogP contribution >= 0.6 is 24.0 Å². The van der Waals surface area contributed by atoms with Crippen molar-refractivity contribution in [2.45, 2.75) is 51.8 Å². The van der Waals surface area contributed by atoms with Crippen molar-refractivity contribution in [3.05, 3.63) is 35.4 Å². The Morgan fingerprint density at radius 2 is 1.85 bits per heavy atom. The number of aliphatic imine (C=N–C) groups is 1. The van der Waals surface area contributed by atoms with Crippen LogP contribution in [-0.4, -0.2) is 49.7 Å². The van der Waals surface area contributed by atoms with E-state index in [0.717, 1.165) is 38.6 Å². The van der Waals surface area contributed by atoms with Gasteiger partial charge in [-0.2, -0.15) is 0 Å². The van der Waals surface area contributed by atoms with Crippen LogP contribution in [0.25, 0.3) is 0 Å². The highest BCUT2D eigenvalue weighted by Crippen LogP contribution is 2.14. The molecule has 3 rings (SSSR count). The topological polar surface area (TPSA) is 48.9 Å². The summed E-state index contributed by atoms with van der Waals surface area (Å²) in [6.07, 6.45) is 5.33. The van der Waals surface area contributed by atoms with E-state index in [1.54, 1.807) is 0 Å². The van der Waals surface area contributed by atoms with Crippen molar-refractivity contribution in [3.8, 4) is 0 Å². The van der Waals surface area contributed by atoms with E-state index >= 15 is 0 Å². The maximum atomic E-state index is 5.66. The number of halogens is 1. The molecule has 2 N–H and O–H groups in total. The molecule has 2 aliphatic rings. The summed E-state index contributed by atoms with van der Waals surface area (Å²) in [5, 5.41) is 6.71. The molecule has 1 atom stereocenters. The van der Waals surface area contributed by atoms with Crippen molar-refractivity contribution in [2.24, 2.45) is 4.99 Å². The van der Waals surface area contributed by atoms with Crippen LogP contribution in [0.4, 0.5) is 0 Å². The fraction of sp³-hybridized carbons (Fsp3) is 0.650. The van der Waals surface area contributed by atoms with Crippen LogP contribution < -0.4 is 10.6 Å². The average Bonchev–Trinajstić information content (AvgIpc) is 3.32. The first kappa shape index (κ1) is 21.4. The maximum Gasteiger partial charge on any atom is 0.191 e. The predicted molar refractivity (Wildman–Crippen MR) is 118 cm³/mol. The minimum Gasteiger partial charge on any atom is -0.376 e. The first-order valence-electron chi connectivity index (χ1n) is 9.77. The zero-order chi connectivity index (χ0) is 17.3. The van der Waals surface area contributed by atoms with E-state index in [4.69, 9.17) is 9.73 Å². The second kappa shape index (κ2) is 11.8. The molecule has 0 bridgehead atoms. The van der Waals surface area contributed by atoms with Gasteiger partial charge >= 0.3 is 0 Å². The standard InChI is InChI=1S/C20H32N4O.HI/c1-2-21-20(23-15-19-6-5-13-25-19)22-14-17-7-9-18(10-8-17)16-24-11-3-4-12-24;/h7-10,19H,2-6,11-16H2,1H3,(H2,21,22,23);1H. The lowest BCUT2D eigenvalue weighted by Crippen LogP contribution is -2.41. The third-order valence-electron chi connectivity index (χ3n) is 4.91. The monoisotopic (exact) mass is 472 g/mol. The maximum absolute atomic E-state index is 5.66. The van der Waals surface area contributed by atoms with Crippen LogP contribution in [0.2, 0.25) is 0 Å². The molecule has 5 nitrogen and oxygen atoms in total. The van der Waals surface area contributed by atoms with Crippen molar-refractivity contribution in [1.29, 1.82) is 0 Å². The van der Waals surface area contributed by atoms with E-state index < -0.39 is 0 Å². The highest BCUT2D eigenvalue weighted by Gasteiger charge is 2.15. The summed E-state index contributed by atoms with van der Waals surface area (Å²) in [6.45, 7) is 8.95. The third-order valence-corrected chi connectivity index (χ3v) is 4.91. The Kier molecular flexibility index (Phi) is 9.71. The summed E-state index contributed by atoms with van der Waals surface area (Å²) in [6, 6.07) is 8.91. The third kappa shape index (κ3) is 7.04. The van der Waals surface area contributed by atoms with Crippen LogP contribution in [0.3, 0.4) is 0 Å². The fourth-order valence-corrected chi connectivity index (χ4v) is 3.48. The fourth-order valence-electron chi connectivity index (χ4n) is 3.48. The lowest BCUT2D eigenvalue weighted by atomic mass is 10.1. The first-order chi connectivity index (χ1) is 12.3. The summed E-state index contributed by atoms with van der Waals surface area (Å²) in [5.74, 6) is 0.874. The number of benzene rings is 1. The largest absolute Gasteiger partial charge is 0.376 e. The molecule has 2 aliphatic heterocycles. The van der Waals surface area contributed by atoms with Crippen LogP contribution in [0.15, 0.2) is 29.3 Å². The van der Waals surface area contributed by atoms with Crippen molar-refractivity contribution >= 4 is 29.9 Å². The van der Waals surface area contributed by atoms with Gasteiger partial charge in [-0.15, -0.1) is 24.0 Å². The van der Waals surface area contributed by atoms with Gasteiger partial charge in [-0.05, 0) is 56.8 Å². The number of nitrogens with zero attached hydrogens (tertiary/aromatic N) is 2. The van der Waals surface area contributed by atoms with Gasteiger partial charge in [0.2, 0.25) is 0 Å². The van der Waals surface area contributed by atoms with Crippen LogP contribution in [-0.2, 0) is 17.8 Å². The summed E-state index contributed by atoms with van der Waals surface area (Å²) in [5.41, 5.74) is 2.65. The minimum atomic E-state index is 0. The van der Waals surface area contributed by atoms with Crippen molar-refractivity contribution in [1.82, 2.24) is 15.5 Å². The van der Waals surface area contributed by atoms with E-state index in [0.29, 0.717) is 12.6 Å². The zero-order valence-electron chi connectivity index (χ0n) is 15.9. The molecular weight excluding hydrogens is 439 g/mol. The molecule has 0 spiro atoms. The lowest BCUT2D eigenvalue weighted by molar-refractivity contribution is 0.114. The number of rotatable bonds is 7. The van der Waals surface area contributed by atoms with Crippen molar-refractivity contribution in [3.63, 3.8) is 0 Å². The van der Waals surface area contributed by atoms with Crippen molar-refractivity contribution in [2.75, 3.05) is 32.8 Å². The molecule has 0 radical (unpaired) electrons. The van der Waals surface area contributed by atoms with E-state index in [1.165, 1.54) is 43.5 Å². The summed E-state index contributed by atoms with van der Waals surface area (Å²) >= 11 is 0. The van der Waals surface area contributed by atoms with Gasteiger partial charge in [-0.25, -0.2) is 4.99 Å². The van der Waals surface area contributed by atoms with Gasteiger partial charge < -0.3 is 15.4 Å². The van der Waals surface area contributed by atoms with Crippen LogP contribution in [0, 0.1) is 0 Å². The van der Waals surface area contributed by atoms with E-state index in [2.05, 4.69) is 46.7 Å². The normalized spacial score (nSPS) is 20.8. The highest BCUT2D eigenvalue weighted by molar-refractivity contribution is 14.0. The molecule has 1 unspecified atom stereocenters. The Hall–Kier alpha value is -0.860. The minimum absolute atomic E-state index is 0. The second-order valence-electron chi connectivity index (χ2n) is 7.01. The molecule has 0 aliphatic carbocycles. The smallest absolute Gasteiger partial charge is 0.191 e. The van der Waals surface area contributed by atoms with Crippen LogP contribution in [0.5, 0.6) is 0 Å². The number of likely N-dealkylation sites (tertiary alicyclic amines) is 1. The Labute approximate surface area is 175 Å². The summed E-state index contributed by atoms with van der Waals surface area (Å²) in [7, 11) is 0. The van der Waals surface area contributed by atoms with E-state index in [1.807, 2.05) is 0 Å². The molecule has 0 saturated carbocycles. The molecule has 2 saturated heterocycles. The molecular formula is C20H33IN4O. The Morgan fingerprint density at radius 3 is 2.50 bits per heavy atom. The quantitative estimate of drug-likeness (QED) is 0.364. The molecule has 6 heteroatoms. The molecule has 26 heavy (non-hydrogen) atoms. The van der Waals surface area contributed by atoms with E-state index in [9.17, 15) is 0 Å². The van der Waals surface area contributed by atoms with Crippen LogP contribution in [0.1, 0.15) is 43.7 Å². The lowest BCUT2D eigenvalue weighted by Gasteiger charge is -2.15. The molecule has 1 aromatic carbocycles. The Bertz CT molecular complexity index is 537. The Morgan fingerprint density at radius 1 is 1.12 bits per heavy atom. The van der Waals surface area contributed by atoms with Gasteiger partial charge in [0.25, 0.3) is 0 Å². The van der Waals surface area contributed by atoms with Crippen molar-refractivity contribution < 1.29 is 4.74 Å². The molecule has 2 fully saturated rings. The average molecular weight is 472 g/mol. The molecule has 0 aromatic heterocycles. The van der Waals surface area contributed by atoms with Gasteiger partial charge in [0.05, 0.1) is 12.6 Å².